The first-order valence-corrected chi connectivity index (χ1v) is 7.68. The quantitative estimate of drug-likeness (QED) is 0.852. The first kappa shape index (κ1) is 13.5. The van der Waals surface area contributed by atoms with Crippen LogP contribution in [-0.2, 0) is 4.79 Å². The van der Waals surface area contributed by atoms with Gasteiger partial charge in [0.2, 0.25) is 5.91 Å². The Hall–Kier alpha value is -2.13. The van der Waals surface area contributed by atoms with E-state index in [1.807, 2.05) is 6.92 Å². The number of halogens is 1. The number of nitriles is 1. The number of amides is 1. The summed E-state index contributed by atoms with van der Waals surface area (Å²) in [5, 5.41) is 14.4. The van der Waals surface area contributed by atoms with Crippen molar-refractivity contribution in [2.75, 3.05) is 11.4 Å². The second-order valence-corrected chi connectivity index (χ2v) is 6.57. The first-order chi connectivity index (χ1) is 10.6. The summed E-state index contributed by atoms with van der Waals surface area (Å²) in [6.45, 7) is 2.47. The van der Waals surface area contributed by atoms with E-state index >= 15 is 0 Å². The van der Waals surface area contributed by atoms with Crippen LogP contribution in [0.25, 0.3) is 5.65 Å². The maximum Gasteiger partial charge on any atom is 0.249 e. The zero-order valence-corrected chi connectivity index (χ0v) is 12.8. The van der Waals surface area contributed by atoms with Gasteiger partial charge in [-0.25, -0.2) is 4.98 Å². The third kappa shape index (κ3) is 1.63. The Labute approximate surface area is 132 Å². The summed E-state index contributed by atoms with van der Waals surface area (Å²) in [5.41, 5.74) is -0.321. The van der Waals surface area contributed by atoms with E-state index in [1.165, 1.54) is 6.33 Å². The molecule has 2 aliphatic rings. The Balaban J connectivity index is 1.85. The van der Waals surface area contributed by atoms with Gasteiger partial charge in [0.15, 0.2) is 5.65 Å². The highest BCUT2D eigenvalue weighted by Gasteiger charge is 2.61. The number of fused-ring (bicyclic) bond motifs is 1. The van der Waals surface area contributed by atoms with Crippen LogP contribution in [0.15, 0.2) is 18.5 Å². The van der Waals surface area contributed by atoms with Crippen LogP contribution < -0.4 is 4.90 Å². The minimum absolute atomic E-state index is 0.0185. The summed E-state index contributed by atoms with van der Waals surface area (Å²) in [4.78, 5) is 18.8. The number of aromatic nitrogens is 3. The maximum absolute atomic E-state index is 13.0. The summed E-state index contributed by atoms with van der Waals surface area (Å²) < 4.78 is 1.59. The molecule has 1 aliphatic heterocycles. The van der Waals surface area contributed by atoms with Crippen molar-refractivity contribution in [3.63, 3.8) is 0 Å². The van der Waals surface area contributed by atoms with Gasteiger partial charge in [-0.05, 0) is 24.8 Å². The van der Waals surface area contributed by atoms with Crippen molar-refractivity contribution >= 4 is 29.0 Å². The maximum atomic E-state index is 13.0. The molecule has 1 amide bonds. The van der Waals surface area contributed by atoms with Crippen molar-refractivity contribution in [1.82, 2.24) is 14.6 Å². The molecule has 1 aliphatic carbocycles. The smallest absolute Gasteiger partial charge is 0.249 e. The molecule has 7 heteroatoms. The van der Waals surface area contributed by atoms with Gasteiger partial charge in [0, 0.05) is 23.6 Å². The highest BCUT2D eigenvalue weighted by Crippen LogP contribution is 2.54. The van der Waals surface area contributed by atoms with Crippen molar-refractivity contribution in [3.05, 3.63) is 23.5 Å². The number of hydrogen-bond donors (Lipinski definition) is 0. The predicted molar refractivity (Wildman–Crippen MR) is 80.3 cm³/mol. The zero-order valence-electron chi connectivity index (χ0n) is 12.0. The Morgan fingerprint density at radius 2 is 2.23 bits per heavy atom. The average Bonchev–Trinajstić information content (AvgIpc) is 3.17. The van der Waals surface area contributed by atoms with Gasteiger partial charge in [-0.1, -0.05) is 18.5 Å². The van der Waals surface area contributed by atoms with Gasteiger partial charge >= 0.3 is 0 Å². The van der Waals surface area contributed by atoms with E-state index in [1.54, 1.807) is 21.5 Å². The van der Waals surface area contributed by atoms with Crippen LogP contribution in [0.4, 0.5) is 5.82 Å². The van der Waals surface area contributed by atoms with Crippen LogP contribution in [0.1, 0.15) is 19.8 Å². The molecule has 3 heterocycles. The lowest BCUT2D eigenvalue weighted by atomic mass is 9.75. The monoisotopic (exact) mass is 315 g/mol. The molecule has 0 N–H and O–H groups in total. The van der Waals surface area contributed by atoms with E-state index in [-0.39, 0.29) is 17.7 Å². The van der Waals surface area contributed by atoms with Crippen molar-refractivity contribution in [2.45, 2.75) is 19.8 Å². The molecule has 0 spiro atoms. The molecular weight excluding hydrogens is 302 g/mol. The summed E-state index contributed by atoms with van der Waals surface area (Å²) in [6, 6.07) is 5.72. The molecule has 0 unspecified atom stereocenters. The zero-order chi connectivity index (χ0) is 15.5. The third-order valence-electron chi connectivity index (χ3n) is 4.84. The standard InChI is InChI=1S/C15H14ClN5O/c1-9-6-20(14(22)15(9,7-17)10-2-3-10)13-5-11(16)4-12-18-8-19-21(12)13/h4-5,8-10H,2-3,6H2,1H3/t9-,15+/m1/s1. The van der Waals surface area contributed by atoms with Crippen molar-refractivity contribution in [2.24, 2.45) is 17.3 Å². The number of pyridine rings is 1. The first-order valence-electron chi connectivity index (χ1n) is 7.30. The number of anilines is 1. The number of carbonyl (C=O) groups is 1. The van der Waals surface area contributed by atoms with Crippen LogP contribution in [-0.4, -0.2) is 27.0 Å². The molecular formula is C15H14ClN5O. The highest BCUT2D eigenvalue weighted by molar-refractivity contribution is 6.31. The Kier molecular flexibility index (Phi) is 2.73. The largest absolute Gasteiger partial charge is 0.295 e. The van der Waals surface area contributed by atoms with E-state index in [0.717, 1.165) is 12.8 Å². The third-order valence-corrected chi connectivity index (χ3v) is 5.06. The van der Waals surface area contributed by atoms with Gasteiger partial charge in [0.1, 0.15) is 17.6 Å². The molecule has 6 nitrogen and oxygen atoms in total. The van der Waals surface area contributed by atoms with E-state index < -0.39 is 5.41 Å². The fraction of sp³-hybridized carbons (Fsp3) is 0.467. The number of nitrogens with zero attached hydrogens (tertiary/aromatic N) is 5. The Morgan fingerprint density at radius 1 is 1.45 bits per heavy atom. The summed E-state index contributed by atoms with van der Waals surface area (Å²) >= 11 is 6.14. The molecule has 1 saturated heterocycles. The van der Waals surface area contributed by atoms with Gasteiger partial charge in [-0.3, -0.25) is 9.69 Å². The lowest BCUT2D eigenvalue weighted by Crippen LogP contribution is -2.37. The minimum atomic E-state index is -0.908. The van der Waals surface area contributed by atoms with Gasteiger partial charge in [-0.15, -0.1) is 0 Å². The van der Waals surface area contributed by atoms with E-state index in [0.29, 0.717) is 23.0 Å². The van der Waals surface area contributed by atoms with Crippen LogP contribution in [0.3, 0.4) is 0 Å². The molecule has 0 aromatic carbocycles. The van der Waals surface area contributed by atoms with Crippen LogP contribution in [0, 0.1) is 28.6 Å². The van der Waals surface area contributed by atoms with Crippen LogP contribution >= 0.6 is 11.6 Å². The Bertz CT molecular complexity index is 821. The molecule has 2 aromatic rings. The molecule has 2 fully saturated rings. The molecule has 0 bridgehead atoms. The molecule has 4 rings (SSSR count). The van der Waals surface area contributed by atoms with Gasteiger partial charge in [-0.2, -0.15) is 14.9 Å². The second kappa shape index (κ2) is 4.43. The summed E-state index contributed by atoms with van der Waals surface area (Å²) in [5.74, 6) is 0.601. The minimum Gasteiger partial charge on any atom is -0.295 e. The van der Waals surface area contributed by atoms with Crippen LogP contribution in [0.5, 0.6) is 0 Å². The number of rotatable bonds is 2. The fourth-order valence-electron chi connectivity index (χ4n) is 3.56. The molecule has 2 aromatic heterocycles. The summed E-state index contributed by atoms with van der Waals surface area (Å²) in [7, 11) is 0. The van der Waals surface area contributed by atoms with Gasteiger partial charge < -0.3 is 0 Å². The second-order valence-electron chi connectivity index (χ2n) is 6.13. The average molecular weight is 316 g/mol. The normalized spacial score (nSPS) is 28.3. The van der Waals surface area contributed by atoms with Crippen molar-refractivity contribution in [3.8, 4) is 6.07 Å². The van der Waals surface area contributed by atoms with Crippen molar-refractivity contribution in [1.29, 1.82) is 5.26 Å². The SMILES string of the molecule is C[C@@H]1CN(c2cc(Cl)cc3ncnn23)C(=O)[C@]1(C#N)C1CC1. The molecule has 0 radical (unpaired) electrons. The number of carbonyl (C=O) groups excluding carboxylic acids is 1. The molecule has 112 valence electrons. The topological polar surface area (TPSA) is 74.3 Å². The molecule has 22 heavy (non-hydrogen) atoms. The van der Waals surface area contributed by atoms with Crippen LogP contribution in [0.2, 0.25) is 5.02 Å². The lowest BCUT2D eigenvalue weighted by molar-refractivity contribution is -0.124. The van der Waals surface area contributed by atoms with Crippen molar-refractivity contribution < 1.29 is 4.79 Å². The lowest BCUT2D eigenvalue weighted by Gasteiger charge is -2.23. The molecule has 1 saturated carbocycles. The van der Waals surface area contributed by atoms with Gasteiger partial charge in [0.25, 0.3) is 0 Å². The molecule has 2 atom stereocenters. The highest BCUT2D eigenvalue weighted by atomic mass is 35.5. The van der Waals surface area contributed by atoms with E-state index in [9.17, 15) is 10.1 Å². The summed E-state index contributed by atoms with van der Waals surface area (Å²) in [6.07, 6.45) is 3.33. The Morgan fingerprint density at radius 3 is 2.91 bits per heavy atom. The van der Waals surface area contributed by atoms with Gasteiger partial charge in [0.05, 0.1) is 6.07 Å². The predicted octanol–water partition coefficient (Wildman–Crippen LogP) is 2.29. The number of hydrogen-bond acceptors (Lipinski definition) is 4. The van der Waals surface area contributed by atoms with E-state index in [2.05, 4.69) is 16.2 Å². The fourth-order valence-corrected chi connectivity index (χ4v) is 3.76. The van der Waals surface area contributed by atoms with E-state index in [4.69, 9.17) is 11.6 Å².